The largest absolute Gasteiger partial charge is 0.491 e. The molecule has 1 aliphatic rings. The van der Waals surface area contributed by atoms with E-state index in [0.717, 1.165) is 39.3 Å². The van der Waals surface area contributed by atoms with Gasteiger partial charge in [-0.15, -0.1) is 0 Å². The van der Waals surface area contributed by atoms with Gasteiger partial charge in [0.25, 0.3) is 0 Å². The first kappa shape index (κ1) is 17.5. The fraction of sp³-hybridized carbons (Fsp3) is 0.500. The van der Waals surface area contributed by atoms with Gasteiger partial charge in [0.15, 0.2) is 11.5 Å². The zero-order valence-corrected chi connectivity index (χ0v) is 14.9. The molecule has 0 bridgehead atoms. The molecule has 0 atom stereocenters. The summed E-state index contributed by atoms with van der Waals surface area (Å²) in [4.78, 5) is 10.5. The van der Waals surface area contributed by atoms with Crippen molar-refractivity contribution in [3.63, 3.8) is 0 Å². The lowest BCUT2D eigenvalue weighted by Crippen LogP contribution is -2.37. The molecule has 1 fully saturated rings. The molecule has 1 saturated heterocycles. The van der Waals surface area contributed by atoms with Gasteiger partial charge in [0.2, 0.25) is 0 Å². The van der Waals surface area contributed by atoms with Crippen molar-refractivity contribution in [2.24, 2.45) is 0 Å². The SMILES string of the molecule is COc1c(OCCCN2CCOCC2)cc2c(Cl)ncnc2c1Cl. The normalized spacial score (nSPS) is 15.6. The Balaban J connectivity index is 1.70. The van der Waals surface area contributed by atoms with Crippen LogP contribution in [0.15, 0.2) is 12.4 Å². The molecule has 6 nitrogen and oxygen atoms in total. The molecule has 1 aromatic carbocycles. The second-order valence-electron chi connectivity index (χ2n) is 5.44. The Morgan fingerprint density at radius 2 is 2.04 bits per heavy atom. The van der Waals surface area contributed by atoms with Gasteiger partial charge < -0.3 is 14.2 Å². The number of benzene rings is 1. The number of fused-ring (bicyclic) bond motifs is 1. The Labute approximate surface area is 150 Å². The molecule has 0 aliphatic carbocycles. The molecular weight excluding hydrogens is 353 g/mol. The van der Waals surface area contributed by atoms with Crippen LogP contribution in [0.2, 0.25) is 10.2 Å². The Hall–Kier alpha value is -1.34. The summed E-state index contributed by atoms with van der Waals surface area (Å²) in [5.74, 6) is 1.01. The van der Waals surface area contributed by atoms with Gasteiger partial charge in [0.1, 0.15) is 16.5 Å². The van der Waals surface area contributed by atoms with Crippen LogP contribution in [0.3, 0.4) is 0 Å². The molecule has 0 spiro atoms. The number of hydrogen-bond donors (Lipinski definition) is 0. The van der Waals surface area contributed by atoms with E-state index in [1.165, 1.54) is 6.33 Å². The van der Waals surface area contributed by atoms with E-state index in [2.05, 4.69) is 14.9 Å². The van der Waals surface area contributed by atoms with E-state index in [1.807, 2.05) is 0 Å². The highest BCUT2D eigenvalue weighted by atomic mass is 35.5. The minimum absolute atomic E-state index is 0.336. The van der Waals surface area contributed by atoms with Crippen LogP contribution in [-0.4, -0.2) is 61.4 Å². The van der Waals surface area contributed by atoms with Crippen LogP contribution in [0.5, 0.6) is 11.5 Å². The molecule has 3 rings (SSSR count). The second-order valence-corrected chi connectivity index (χ2v) is 6.17. The smallest absolute Gasteiger partial charge is 0.181 e. The zero-order valence-electron chi connectivity index (χ0n) is 13.4. The lowest BCUT2D eigenvalue weighted by atomic mass is 10.2. The van der Waals surface area contributed by atoms with Crippen LogP contribution in [0.25, 0.3) is 10.9 Å². The Morgan fingerprint density at radius 1 is 1.25 bits per heavy atom. The van der Waals surface area contributed by atoms with Crippen LogP contribution in [0.1, 0.15) is 6.42 Å². The van der Waals surface area contributed by atoms with E-state index in [1.54, 1.807) is 13.2 Å². The average molecular weight is 372 g/mol. The highest BCUT2D eigenvalue weighted by molar-refractivity contribution is 6.39. The summed E-state index contributed by atoms with van der Waals surface area (Å²) in [6.45, 7) is 5.06. The Morgan fingerprint density at radius 3 is 2.79 bits per heavy atom. The van der Waals surface area contributed by atoms with Crippen LogP contribution < -0.4 is 9.47 Å². The first-order valence-electron chi connectivity index (χ1n) is 7.80. The number of rotatable bonds is 6. The molecule has 0 amide bonds. The van der Waals surface area contributed by atoms with Gasteiger partial charge in [0, 0.05) is 25.0 Å². The molecule has 1 aliphatic heterocycles. The van der Waals surface area contributed by atoms with Crippen molar-refractivity contribution in [1.82, 2.24) is 14.9 Å². The number of hydrogen-bond acceptors (Lipinski definition) is 6. The number of methoxy groups -OCH3 is 1. The molecule has 24 heavy (non-hydrogen) atoms. The maximum absolute atomic E-state index is 6.38. The Kier molecular flexibility index (Phi) is 5.94. The molecule has 0 radical (unpaired) electrons. The quantitative estimate of drug-likeness (QED) is 0.574. The van der Waals surface area contributed by atoms with Crippen molar-refractivity contribution in [3.05, 3.63) is 22.6 Å². The standard InChI is InChI=1S/C16H19Cl2N3O3/c1-22-15-12(24-6-2-3-21-4-7-23-8-5-21)9-11-14(13(15)17)19-10-20-16(11)18/h9-10H,2-8H2,1H3. The fourth-order valence-electron chi connectivity index (χ4n) is 2.68. The van der Waals surface area contributed by atoms with Gasteiger partial charge in [-0.1, -0.05) is 23.2 Å². The van der Waals surface area contributed by atoms with Crippen molar-refractivity contribution in [2.75, 3.05) is 46.6 Å². The second kappa shape index (κ2) is 8.16. The summed E-state index contributed by atoms with van der Waals surface area (Å²) in [6.07, 6.45) is 2.27. The van der Waals surface area contributed by atoms with Crippen LogP contribution in [0.4, 0.5) is 0 Å². The van der Waals surface area contributed by atoms with Crippen LogP contribution in [0, 0.1) is 0 Å². The van der Waals surface area contributed by atoms with E-state index in [-0.39, 0.29) is 0 Å². The van der Waals surface area contributed by atoms with Crippen molar-refractivity contribution in [2.45, 2.75) is 6.42 Å². The van der Waals surface area contributed by atoms with Crippen molar-refractivity contribution in [1.29, 1.82) is 0 Å². The summed E-state index contributed by atoms with van der Waals surface area (Å²) < 4.78 is 16.6. The average Bonchev–Trinajstić information content (AvgIpc) is 2.61. The van der Waals surface area contributed by atoms with Crippen molar-refractivity contribution < 1.29 is 14.2 Å². The first-order valence-corrected chi connectivity index (χ1v) is 8.56. The summed E-state index contributed by atoms with van der Waals surface area (Å²) in [7, 11) is 1.55. The molecular formula is C16H19Cl2N3O3. The molecule has 2 aromatic rings. The van der Waals surface area contributed by atoms with Gasteiger partial charge >= 0.3 is 0 Å². The highest BCUT2D eigenvalue weighted by Gasteiger charge is 2.17. The maximum atomic E-state index is 6.38. The number of nitrogens with zero attached hydrogens (tertiary/aromatic N) is 3. The number of morpholine rings is 1. The van der Waals surface area contributed by atoms with Crippen LogP contribution in [-0.2, 0) is 4.74 Å². The molecule has 1 aromatic heterocycles. The zero-order chi connectivity index (χ0) is 16.9. The molecule has 2 heterocycles. The number of ether oxygens (including phenoxy) is 3. The van der Waals surface area contributed by atoms with Gasteiger partial charge in [-0.3, -0.25) is 4.90 Å². The monoisotopic (exact) mass is 371 g/mol. The first-order chi connectivity index (χ1) is 11.7. The van der Waals surface area contributed by atoms with Gasteiger partial charge in [-0.05, 0) is 12.5 Å². The topological polar surface area (TPSA) is 56.7 Å². The van der Waals surface area contributed by atoms with E-state index >= 15 is 0 Å². The molecule has 130 valence electrons. The molecule has 0 saturated carbocycles. The third-order valence-electron chi connectivity index (χ3n) is 3.93. The Bertz CT molecular complexity index is 709. The van der Waals surface area contributed by atoms with E-state index in [9.17, 15) is 0 Å². The van der Waals surface area contributed by atoms with E-state index in [4.69, 9.17) is 37.4 Å². The van der Waals surface area contributed by atoms with E-state index < -0.39 is 0 Å². The minimum atomic E-state index is 0.336. The summed E-state index contributed by atoms with van der Waals surface area (Å²) in [5, 5.41) is 1.36. The van der Waals surface area contributed by atoms with Crippen LogP contribution >= 0.6 is 23.2 Å². The third-order valence-corrected chi connectivity index (χ3v) is 4.58. The summed E-state index contributed by atoms with van der Waals surface area (Å²) >= 11 is 12.5. The lowest BCUT2D eigenvalue weighted by molar-refractivity contribution is 0.0357. The summed E-state index contributed by atoms with van der Waals surface area (Å²) in [6, 6.07) is 1.77. The van der Waals surface area contributed by atoms with E-state index in [0.29, 0.717) is 39.2 Å². The molecule has 0 unspecified atom stereocenters. The fourth-order valence-corrected chi connectivity index (χ4v) is 3.19. The predicted octanol–water partition coefficient (Wildman–Crippen LogP) is 3.05. The van der Waals surface area contributed by atoms with Gasteiger partial charge in [-0.2, -0.15) is 0 Å². The predicted molar refractivity (Wildman–Crippen MR) is 93.5 cm³/mol. The van der Waals surface area contributed by atoms with Gasteiger partial charge in [0.05, 0.1) is 32.4 Å². The molecule has 0 N–H and O–H groups in total. The van der Waals surface area contributed by atoms with Crippen molar-refractivity contribution in [3.8, 4) is 11.5 Å². The minimum Gasteiger partial charge on any atom is -0.491 e. The molecule has 8 heteroatoms. The highest BCUT2D eigenvalue weighted by Crippen LogP contribution is 2.41. The maximum Gasteiger partial charge on any atom is 0.181 e. The van der Waals surface area contributed by atoms with Gasteiger partial charge in [-0.25, -0.2) is 9.97 Å². The number of halogens is 2. The lowest BCUT2D eigenvalue weighted by Gasteiger charge is -2.26. The summed E-state index contributed by atoms with van der Waals surface area (Å²) in [5.41, 5.74) is 0.550. The third kappa shape index (κ3) is 3.83. The number of aromatic nitrogens is 2. The van der Waals surface area contributed by atoms with Crippen molar-refractivity contribution >= 4 is 34.1 Å².